The summed E-state index contributed by atoms with van der Waals surface area (Å²) in [6.07, 6.45) is 10.6. The molecule has 0 saturated heterocycles. The van der Waals surface area contributed by atoms with E-state index in [9.17, 15) is 0 Å². The van der Waals surface area contributed by atoms with Crippen LogP contribution in [0.3, 0.4) is 0 Å². The molecule has 0 fully saturated rings. The summed E-state index contributed by atoms with van der Waals surface area (Å²) < 4.78 is 5.54. The summed E-state index contributed by atoms with van der Waals surface area (Å²) in [5.41, 5.74) is 1.33. The van der Waals surface area contributed by atoms with Gasteiger partial charge in [0.05, 0.1) is 11.7 Å². The number of ether oxygens (including phenoxy) is 1. The first-order valence-electron chi connectivity index (χ1n) is 7.93. The first-order chi connectivity index (χ1) is 10.6. The molecule has 6 heteroatoms. The molecule has 5 nitrogen and oxygen atoms in total. The van der Waals surface area contributed by atoms with E-state index in [1.54, 1.807) is 0 Å². The van der Waals surface area contributed by atoms with E-state index in [0.29, 0.717) is 6.61 Å². The fraction of sp³-hybridized carbons (Fsp3) is 0.588. The first kappa shape index (κ1) is 24.5. The summed E-state index contributed by atoms with van der Waals surface area (Å²) in [6, 6.07) is 8.33. The maximum Gasteiger partial charge on any atom is 1.00 e. The predicted octanol–water partition coefficient (Wildman–Crippen LogP) is 1.96. The second-order valence-electron chi connectivity index (χ2n) is 5.05. The fourth-order valence-electron chi connectivity index (χ4n) is 2.23. The molecule has 23 heavy (non-hydrogen) atoms. The monoisotopic (exact) mass is 332 g/mol. The molecule has 0 N–H and O–H groups in total. The molecule has 0 aliphatic rings. The van der Waals surface area contributed by atoms with Crippen LogP contribution in [-0.4, -0.2) is 11.7 Å². The van der Waals surface area contributed by atoms with E-state index in [0.717, 1.165) is 12.2 Å². The van der Waals surface area contributed by atoms with Crippen LogP contribution in [0.5, 0.6) is 5.75 Å². The third-order valence-electron chi connectivity index (χ3n) is 3.28. The van der Waals surface area contributed by atoms with Gasteiger partial charge < -0.3 is 20.1 Å². The van der Waals surface area contributed by atoms with Crippen molar-refractivity contribution in [1.29, 1.82) is 0 Å². The number of aryl methyl sites for hydroxylation is 1. The molecule has 1 aromatic rings. The Hall–Kier alpha value is -0.780. The second-order valence-corrected chi connectivity index (χ2v) is 5.05. The number of nitrogens with zero attached hydrogens (tertiary/aromatic N) is 1. The minimum absolute atomic E-state index is 0. The van der Waals surface area contributed by atoms with Crippen molar-refractivity contribution in [3.05, 3.63) is 52.1 Å². The normalized spacial score (nSPS) is 9.30. The quantitative estimate of drug-likeness (QED) is 0.284. The number of unbranched alkanes of at least 4 members (excludes halogenated alkanes) is 6. The molecule has 125 valence electrons. The van der Waals surface area contributed by atoms with Gasteiger partial charge in [0, 0.05) is 0 Å². The number of hydrogen-bond acceptors (Lipinski definition) is 4. The molecule has 0 aliphatic carbocycles. The molecule has 0 bridgehead atoms. The molecule has 0 atom stereocenters. The summed E-state index contributed by atoms with van der Waals surface area (Å²) in [7, 11) is 0. The molecule has 1 radical (unpaired) electrons. The number of rotatable bonds is 10. The molecule has 0 spiro atoms. The molecule has 0 heterocycles. The zero-order chi connectivity index (χ0) is 16.6. The molecule has 0 aliphatic heterocycles. The number of para-hydroxylation sites is 1. The van der Waals surface area contributed by atoms with Crippen LogP contribution in [0.1, 0.15) is 57.4 Å². The van der Waals surface area contributed by atoms with Gasteiger partial charge in [-0.05, 0) is 31.4 Å². The van der Waals surface area contributed by atoms with Gasteiger partial charge in [0.15, 0.2) is 0 Å². The summed E-state index contributed by atoms with van der Waals surface area (Å²) >= 11 is 0. The Labute approximate surface area is 161 Å². The van der Waals surface area contributed by atoms with E-state index in [1.165, 1.54) is 50.5 Å². The Bertz CT molecular complexity index is 398. The second kappa shape index (κ2) is 17.6. The Morgan fingerprint density at radius 3 is 2.13 bits per heavy atom. The number of hydrogen-bond donors (Lipinski definition) is 0. The van der Waals surface area contributed by atoms with Crippen molar-refractivity contribution in [3.8, 4) is 5.75 Å². The minimum Gasteiger partial charge on any atom is -0.493 e. The van der Waals surface area contributed by atoms with Crippen molar-refractivity contribution in [1.82, 2.24) is 0 Å². The Morgan fingerprint density at radius 1 is 1.04 bits per heavy atom. The first-order valence-corrected chi connectivity index (χ1v) is 7.93. The molecule has 1 rings (SSSR count). The molecule has 0 saturated carbocycles. The van der Waals surface area contributed by atoms with Crippen LogP contribution in [0.4, 0.5) is 0 Å². The summed E-state index contributed by atoms with van der Waals surface area (Å²) in [5, 5.41) is 14.8. The van der Waals surface area contributed by atoms with Crippen molar-refractivity contribution in [3.63, 3.8) is 0 Å². The summed E-state index contributed by atoms with van der Waals surface area (Å²) in [6.45, 7) is 6.51. The Morgan fingerprint density at radius 2 is 1.57 bits per heavy atom. The van der Waals surface area contributed by atoms with Crippen LogP contribution in [-0.2, 0) is 6.42 Å². The van der Waals surface area contributed by atoms with Gasteiger partial charge in [-0.2, -0.15) is 0 Å². The molecule has 1 aromatic carbocycles. The fourth-order valence-corrected chi connectivity index (χ4v) is 2.23. The van der Waals surface area contributed by atoms with Crippen LogP contribution in [0.25, 0.3) is 0 Å². The predicted molar refractivity (Wildman–Crippen MR) is 89.4 cm³/mol. The zero-order valence-electron chi connectivity index (χ0n) is 14.5. The van der Waals surface area contributed by atoms with Crippen molar-refractivity contribution in [2.24, 2.45) is 0 Å². The summed E-state index contributed by atoms with van der Waals surface area (Å²) in [4.78, 5) is 8.25. The van der Waals surface area contributed by atoms with E-state index < -0.39 is 5.09 Å². The van der Waals surface area contributed by atoms with Gasteiger partial charge in [-0.15, -0.1) is 0 Å². The third kappa shape index (κ3) is 15.9. The maximum atomic E-state index is 8.25. The summed E-state index contributed by atoms with van der Waals surface area (Å²) in [5.74, 6) is 1.01. The average Bonchev–Trinajstić information content (AvgIpc) is 2.48. The van der Waals surface area contributed by atoms with Gasteiger partial charge in [0.25, 0.3) is 0 Å². The van der Waals surface area contributed by atoms with Gasteiger partial charge in [0.1, 0.15) is 5.75 Å². The smallest absolute Gasteiger partial charge is 0.493 e. The molecular weight excluding hydrogens is 305 g/mol. The largest absolute Gasteiger partial charge is 1.00 e. The molecule has 0 aromatic heterocycles. The van der Waals surface area contributed by atoms with Gasteiger partial charge >= 0.3 is 29.6 Å². The van der Waals surface area contributed by atoms with Crippen LogP contribution < -0.4 is 34.3 Å². The van der Waals surface area contributed by atoms with Gasteiger partial charge in [-0.1, -0.05) is 63.6 Å². The SMILES string of the molecule is O=[N+]([O-])[O-].[CH2]COc1ccccc1CCCCCCCCC.[Na+]. The maximum absolute atomic E-state index is 8.25. The standard InChI is InChI=1S/C17H27O.NO3.Na/c1-3-5-6-7-8-9-10-13-16-14-11-12-15-17(16)18-4-2;2-1(3)4;/h11-12,14-15H,2-10,13H2,1H3;;/q;-1;+1. The van der Waals surface area contributed by atoms with Crippen LogP contribution in [0.15, 0.2) is 24.3 Å². The van der Waals surface area contributed by atoms with Gasteiger partial charge in [-0.25, -0.2) is 0 Å². The molecule has 0 amide bonds. The van der Waals surface area contributed by atoms with E-state index in [-0.39, 0.29) is 29.6 Å². The van der Waals surface area contributed by atoms with Crippen molar-refractivity contribution >= 4 is 0 Å². The zero-order valence-corrected chi connectivity index (χ0v) is 16.5. The molecular formula is C17H27NNaO4. The van der Waals surface area contributed by atoms with Crippen LogP contribution >= 0.6 is 0 Å². The van der Waals surface area contributed by atoms with E-state index in [4.69, 9.17) is 20.1 Å². The van der Waals surface area contributed by atoms with Crippen LogP contribution in [0.2, 0.25) is 0 Å². The van der Waals surface area contributed by atoms with Gasteiger partial charge in [0.2, 0.25) is 0 Å². The Balaban J connectivity index is 0. The third-order valence-corrected chi connectivity index (χ3v) is 3.28. The van der Waals surface area contributed by atoms with Gasteiger partial charge in [-0.3, -0.25) is 0 Å². The minimum atomic E-state index is -1.75. The van der Waals surface area contributed by atoms with Crippen LogP contribution in [0, 0.1) is 22.2 Å². The topological polar surface area (TPSA) is 75.4 Å². The Kier molecular flexibility index (Phi) is 18.7. The van der Waals surface area contributed by atoms with Crippen molar-refractivity contribution < 1.29 is 39.4 Å². The van der Waals surface area contributed by atoms with E-state index >= 15 is 0 Å². The van der Waals surface area contributed by atoms with E-state index in [1.807, 2.05) is 12.1 Å². The van der Waals surface area contributed by atoms with E-state index in [2.05, 4.69) is 26.0 Å². The average molecular weight is 332 g/mol. The van der Waals surface area contributed by atoms with Crippen molar-refractivity contribution in [2.45, 2.75) is 58.3 Å². The molecule has 0 unspecified atom stereocenters. The number of benzene rings is 1. The van der Waals surface area contributed by atoms with Crippen molar-refractivity contribution in [2.75, 3.05) is 6.61 Å².